The molecule has 0 atom stereocenters. The molecule has 1 radical (unpaired) electrons. The summed E-state index contributed by atoms with van der Waals surface area (Å²) in [7, 11) is 0. The zero-order valence-electron chi connectivity index (χ0n) is 6.70. The van der Waals surface area contributed by atoms with Crippen LogP contribution in [0.5, 0.6) is 0 Å². The molecule has 0 aromatic heterocycles. The summed E-state index contributed by atoms with van der Waals surface area (Å²) >= 11 is 0. The van der Waals surface area contributed by atoms with Crippen molar-refractivity contribution in [3.63, 3.8) is 0 Å². The maximum atomic E-state index is 2.26. The first-order valence-corrected chi connectivity index (χ1v) is 3.35. The zero-order chi connectivity index (χ0) is 5.70. The van der Waals surface area contributed by atoms with Crippen LogP contribution < -0.4 is 29.6 Å². The van der Waals surface area contributed by atoms with Crippen molar-refractivity contribution < 1.29 is 29.6 Å². The quantitative estimate of drug-likeness (QED) is 0.443. The molecule has 0 nitrogen and oxygen atoms in total. The van der Waals surface area contributed by atoms with Crippen molar-refractivity contribution in [3.8, 4) is 0 Å². The molecule has 0 aliphatic carbocycles. The van der Waals surface area contributed by atoms with Crippen LogP contribution in [0.1, 0.15) is 20.8 Å². The summed E-state index contributed by atoms with van der Waals surface area (Å²) in [6, 6.07) is 0. The van der Waals surface area contributed by atoms with E-state index in [9.17, 15) is 0 Å². The summed E-state index contributed by atoms with van der Waals surface area (Å²) in [5.41, 5.74) is 0. The summed E-state index contributed by atoms with van der Waals surface area (Å²) in [5, 5.41) is 0. The number of hydrogen-bond donors (Lipinski definition) is 0. The van der Waals surface area contributed by atoms with E-state index in [1.165, 1.54) is 19.0 Å². The average molecular weight is 121 g/mol. The minimum atomic E-state index is 0. The Morgan fingerprint density at radius 3 is 1.12 bits per heavy atom. The van der Waals surface area contributed by atoms with Gasteiger partial charge in [-0.3, -0.25) is 0 Å². The van der Waals surface area contributed by atoms with Gasteiger partial charge in [0.25, 0.3) is 0 Å². The van der Waals surface area contributed by atoms with Crippen LogP contribution in [0.4, 0.5) is 0 Å². The van der Waals surface area contributed by atoms with Crippen LogP contribution in [0.15, 0.2) is 0 Å². The Bertz CT molecular complexity index is 30.0. The van der Waals surface area contributed by atoms with Gasteiger partial charge in [0.2, 0.25) is 0 Å². The van der Waals surface area contributed by atoms with Crippen LogP contribution in [0.3, 0.4) is 0 Å². The van der Waals surface area contributed by atoms with E-state index in [1.807, 2.05) is 0 Å². The molecule has 0 saturated heterocycles. The van der Waals surface area contributed by atoms with Crippen molar-refractivity contribution in [3.05, 3.63) is 0 Å². The summed E-state index contributed by atoms with van der Waals surface area (Å²) in [6.07, 6.45) is 4.06. The topological polar surface area (TPSA) is 0 Å². The first-order chi connectivity index (χ1) is 3.35. The summed E-state index contributed by atoms with van der Waals surface area (Å²) in [5.74, 6) is 0. The molecular formula is C6H15BNa. The first kappa shape index (κ1) is 11.8. The first-order valence-electron chi connectivity index (χ1n) is 3.35. The average Bonchev–Trinajstić information content (AvgIpc) is 1.72. The molecule has 0 aliphatic rings. The molecule has 0 bridgehead atoms. The van der Waals surface area contributed by atoms with E-state index in [0.29, 0.717) is 0 Å². The van der Waals surface area contributed by atoms with Crippen molar-refractivity contribution in [1.29, 1.82) is 0 Å². The molecule has 0 fully saturated rings. The Morgan fingerprint density at radius 1 is 0.875 bits per heavy atom. The summed E-state index contributed by atoms with van der Waals surface area (Å²) in [4.78, 5) is 0. The van der Waals surface area contributed by atoms with Crippen LogP contribution in [-0.2, 0) is 0 Å². The van der Waals surface area contributed by atoms with Crippen LogP contribution >= 0.6 is 0 Å². The van der Waals surface area contributed by atoms with E-state index in [0.717, 1.165) is 6.71 Å². The minimum Gasteiger partial charge on any atom is -0.211 e. The second-order valence-electron chi connectivity index (χ2n) is 2.09. The second kappa shape index (κ2) is 8.06. The Morgan fingerprint density at radius 2 is 1.12 bits per heavy atom. The van der Waals surface area contributed by atoms with E-state index in [4.69, 9.17) is 0 Å². The Kier molecular flexibility index (Phi) is 11.9. The monoisotopic (exact) mass is 121 g/mol. The number of hydrogen-bond acceptors (Lipinski definition) is 0. The summed E-state index contributed by atoms with van der Waals surface area (Å²) in [6.45, 7) is 7.77. The van der Waals surface area contributed by atoms with Crippen molar-refractivity contribution >= 4 is 6.71 Å². The van der Waals surface area contributed by atoms with Crippen molar-refractivity contribution in [2.45, 2.75) is 39.7 Å². The van der Waals surface area contributed by atoms with Gasteiger partial charge in [-0.05, 0) is 0 Å². The molecule has 0 spiro atoms. The third-order valence-electron chi connectivity index (χ3n) is 1.73. The molecule has 0 aliphatic heterocycles. The van der Waals surface area contributed by atoms with Gasteiger partial charge in [0.1, 0.15) is 0 Å². The fourth-order valence-corrected chi connectivity index (χ4v) is 0.866. The molecule has 0 unspecified atom stereocenters. The maximum Gasteiger partial charge on any atom is 1.00 e. The van der Waals surface area contributed by atoms with Gasteiger partial charge in [0.05, 0.1) is 0 Å². The van der Waals surface area contributed by atoms with Gasteiger partial charge in [-0.25, -0.2) is 19.0 Å². The molecule has 43 valence electrons. The van der Waals surface area contributed by atoms with E-state index in [2.05, 4.69) is 20.8 Å². The molecule has 0 saturated carbocycles. The Hall–Kier alpha value is 1.06. The Labute approximate surface area is 75.8 Å². The van der Waals surface area contributed by atoms with Crippen LogP contribution in [0, 0.1) is 0 Å². The molecule has 2 heteroatoms. The van der Waals surface area contributed by atoms with E-state index >= 15 is 0 Å². The molecule has 8 heavy (non-hydrogen) atoms. The predicted octanol–water partition coefficient (Wildman–Crippen LogP) is -0.455. The largest absolute Gasteiger partial charge is 1.00 e. The predicted molar refractivity (Wildman–Crippen MR) is 37.2 cm³/mol. The molecule has 0 heterocycles. The fourth-order valence-electron chi connectivity index (χ4n) is 0.866. The van der Waals surface area contributed by atoms with Gasteiger partial charge in [-0.1, -0.05) is 20.8 Å². The van der Waals surface area contributed by atoms with Gasteiger partial charge in [0.15, 0.2) is 0 Å². The maximum absolute atomic E-state index is 2.26. The van der Waals surface area contributed by atoms with Crippen LogP contribution in [0.25, 0.3) is 0 Å². The molecular weight excluding hydrogens is 106 g/mol. The smallest absolute Gasteiger partial charge is 0.211 e. The van der Waals surface area contributed by atoms with Gasteiger partial charge >= 0.3 is 29.6 Å². The third-order valence-corrected chi connectivity index (χ3v) is 1.73. The number of rotatable bonds is 3. The SMILES string of the molecule is CC[B-](CC)CC.[Na+]. The Balaban J connectivity index is 0. The van der Waals surface area contributed by atoms with Crippen molar-refractivity contribution in [1.82, 2.24) is 0 Å². The standard InChI is InChI=1S/C6H15B.Na/c1-4-7(5-2)6-3;/h4-6H2,1-3H3;/q-1;+1. The van der Waals surface area contributed by atoms with Crippen molar-refractivity contribution in [2.75, 3.05) is 0 Å². The van der Waals surface area contributed by atoms with Gasteiger partial charge in [-0.15, -0.1) is 6.71 Å². The molecule has 0 N–H and O–H groups in total. The normalized spacial score (nSPS) is 9.00. The van der Waals surface area contributed by atoms with E-state index in [-0.39, 0.29) is 29.6 Å². The molecule has 0 amide bonds. The van der Waals surface area contributed by atoms with Gasteiger partial charge in [-0.2, -0.15) is 0 Å². The molecule has 0 aromatic carbocycles. The third kappa shape index (κ3) is 5.21. The van der Waals surface area contributed by atoms with Gasteiger partial charge in [0, 0.05) is 0 Å². The summed E-state index contributed by atoms with van der Waals surface area (Å²) < 4.78 is 0. The fraction of sp³-hybridized carbons (Fsp3) is 1.00. The zero-order valence-corrected chi connectivity index (χ0v) is 8.70. The van der Waals surface area contributed by atoms with E-state index < -0.39 is 0 Å². The minimum absolute atomic E-state index is 0. The van der Waals surface area contributed by atoms with E-state index in [1.54, 1.807) is 0 Å². The molecule has 0 rings (SSSR count). The second-order valence-corrected chi connectivity index (χ2v) is 2.09. The van der Waals surface area contributed by atoms with Crippen LogP contribution in [-0.4, -0.2) is 6.71 Å². The van der Waals surface area contributed by atoms with Crippen LogP contribution in [0.2, 0.25) is 19.0 Å². The van der Waals surface area contributed by atoms with Crippen molar-refractivity contribution in [2.24, 2.45) is 0 Å². The van der Waals surface area contributed by atoms with Gasteiger partial charge < -0.3 is 0 Å². The molecule has 0 aromatic rings.